The van der Waals surface area contributed by atoms with Crippen LogP contribution in [0.25, 0.3) is 0 Å². The molecular weight excluding hydrogens is 604 g/mol. The SMILES string of the molecule is COc1ccc(C2C3=CCC4C(=O)N(C(C)(C)C)C(=O)C4C3CC3C(=O)N(c4cccc(Cl)c4)C(=O)C32c2ccccc2)cc1O. The van der Waals surface area contributed by atoms with Crippen LogP contribution in [0.4, 0.5) is 5.69 Å². The molecule has 4 amide bonds. The van der Waals surface area contributed by atoms with E-state index in [2.05, 4.69) is 0 Å². The second kappa shape index (κ2) is 10.6. The number of imide groups is 2. The van der Waals surface area contributed by atoms with Gasteiger partial charge in [-0.2, -0.15) is 0 Å². The highest BCUT2D eigenvalue weighted by Crippen LogP contribution is 2.65. The van der Waals surface area contributed by atoms with Crippen LogP contribution in [0, 0.1) is 23.7 Å². The number of allylic oxidation sites excluding steroid dienone is 2. The molecule has 6 atom stereocenters. The monoisotopic (exact) mass is 638 g/mol. The van der Waals surface area contributed by atoms with Gasteiger partial charge in [0.05, 0.1) is 36.0 Å². The molecule has 8 nitrogen and oxygen atoms in total. The third kappa shape index (κ3) is 4.12. The lowest BCUT2D eigenvalue weighted by atomic mass is 9.49. The van der Waals surface area contributed by atoms with Crippen molar-refractivity contribution in [2.75, 3.05) is 12.0 Å². The Bertz CT molecular complexity index is 1830. The van der Waals surface area contributed by atoms with E-state index in [0.29, 0.717) is 28.3 Å². The highest BCUT2D eigenvalue weighted by molar-refractivity contribution is 6.32. The summed E-state index contributed by atoms with van der Waals surface area (Å²) in [6, 6.07) is 21.0. The number of nitrogens with zero attached hydrogens (tertiary/aromatic N) is 2. The van der Waals surface area contributed by atoms with E-state index >= 15 is 4.79 Å². The Labute approximate surface area is 272 Å². The number of hydrogen-bond acceptors (Lipinski definition) is 6. The van der Waals surface area contributed by atoms with E-state index in [-0.39, 0.29) is 35.6 Å². The summed E-state index contributed by atoms with van der Waals surface area (Å²) in [5.41, 5.74) is 0.348. The van der Waals surface area contributed by atoms with Crippen LogP contribution in [0.15, 0.2) is 84.4 Å². The molecule has 2 heterocycles. The van der Waals surface area contributed by atoms with E-state index in [0.717, 1.165) is 5.57 Å². The number of halogens is 1. The summed E-state index contributed by atoms with van der Waals surface area (Å²) in [6.07, 6.45) is 2.55. The number of phenols is 1. The first-order valence-corrected chi connectivity index (χ1v) is 15.9. The zero-order chi connectivity index (χ0) is 32.7. The van der Waals surface area contributed by atoms with Gasteiger partial charge in [0, 0.05) is 16.5 Å². The molecule has 4 aliphatic rings. The lowest BCUT2D eigenvalue weighted by molar-refractivity contribution is -0.145. The van der Waals surface area contributed by atoms with E-state index in [1.807, 2.05) is 63.2 Å². The normalized spacial score (nSPS) is 29.0. The van der Waals surface area contributed by atoms with Crippen LogP contribution in [-0.2, 0) is 24.6 Å². The van der Waals surface area contributed by atoms with E-state index in [9.17, 15) is 19.5 Å². The van der Waals surface area contributed by atoms with E-state index < -0.39 is 46.5 Å². The van der Waals surface area contributed by atoms with Crippen molar-refractivity contribution in [1.82, 2.24) is 4.90 Å². The minimum atomic E-state index is -1.41. The molecule has 3 fully saturated rings. The summed E-state index contributed by atoms with van der Waals surface area (Å²) >= 11 is 6.36. The largest absolute Gasteiger partial charge is 0.504 e. The first-order valence-electron chi connectivity index (χ1n) is 15.6. The summed E-state index contributed by atoms with van der Waals surface area (Å²) in [5, 5.41) is 11.4. The number of benzene rings is 3. The number of anilines is 1. The van der Waals surface area contributed by atoms with Crippen molar-refractivity contribution < 1.29 is 29.0 Å². The minimum Gasteiger partial charge on any atom is -0.504 e. The molecule has 2 aliphatic heterocycles. The average molecular weight is 639 g/mol. The molecule has 46 heavy (non-hydrogen) atoms. The van der Waals surface area contributed by atoms with Gasteiger partial charge in [-0.25, -0.2) is 4.90 Å². The van der Waals surface area contributed by atoms with Gasteiger partial charge in [-0.15, -0.1) is 0 Å². The van der Waals surface area contributed by atoms with Crippen LogP contribution in [-0.4, -0.2) is 46.3 Å². The van der Waals surface area contributed by atoms with Gasteiger partial charge in [-0.3, -0.25) is 24.1 Å². The van der Waals surface area contributed by atoms with Gasteiger partial charge in [0.2, 0.25) is 23.6 Å². The summed E-state index contributed by atoms with van der Waals surface area (Å²) in [4.78, 5) is 60.5. The number of ether oxygens (including phenoxy) is 1. The summed E-state index contributed by atoms with van der Waals surface area (Å²) < 4.78 is 5.35. The molecule has 1 N–H and O–H groups in total. The molecule has 7 rings (SSSR count). The highest BCUT2D eigenvalue weighted by atomic mass is 35.5. The number of methoxy groups -OCH3 is 1. The predicted molar refractivity (Wildman–Crippen MR) is 172 cm³/mol. The van der Waals surface area contributed by atoms with Crippen LogP contribution in [0.5, 0.6) is 11.5 Å². The topological polar surface area (TPSA) is 104 Å². The smallest absolute Gasteiger partial charge is 0.246 e. The average Bonchev–Trinajstić information content (AvgIpc) is 3.42. The molecule has 3 aromatic rings. The number of carbonyl (C=O) groups is 4. The number of aromatic hydroxyl groups is 1. The van der Waals surface area contributed by atoms with E-state index in [4.69, 9.17) is 16.3 Å². The Morgan fingerprint density at radius 2 is 1.63 bits per heavy atom. The van der Waals surface area contributed by atoms with Crippen LogP contribution in [0.2, 0.25) is 5.02 Å². The minimum absolute atomic E-state index is 0.106. The second-order valence-corrected chi connectivity index (χ2v) is 14.1. The first kappa shape index (κ1) is 30.2. The maximum atomic E-state index is 15.2. The molecule has 0 bridgehead atoms. The van der Waals surface area contributed by atoms with Gasteiger partial charge in [0.1, 0.15) is 0 Å². The van der Waals surface area contributed by atoms with Crippen LogP contribution < -0.4 is 9.64 Å². The summed E-state index contributed by atoms with van der Waals surface area (Å²) in [6.45, 7) is 5.54. The maximum Gasteiger partial charge on any atom is 0.246 e. The highest BCUT2D eigenvalue weighted by Gasteiger charge is 2.70. The third-order valence-corrected chi connectivity index (χ3v) is 10.6. The van der Waals surface area contributed by atoms with Gasteiger partial charge in [-0.1, -0.05) is 65.7 Å². The Morgan fingerprint density at radius 3 is 2.28 bits per heavy atom. The third-order valence-electron chi connectivity index (χ3n) is 10.4. The van der Waals surface area contributed by atoms with Crippen LogP contribution in [0.1, 0.15) is 50.7 Å². The van der Waals surface area contributed by atoms with Crippen LogP contribution >= 0.6 is 11.6 Å². The fourth-order valence-corrected chi connectivity index (χ4v) is 8.85. The molecule has 3 aromatic carbocycles. The number of hydrogen-bond donors (Lipinski definition) is 1. The van der Waals surface area contributed by atoms with Crippen molar-refractivity contribution in [3.05, 3.63) is 101 Å². The molecule has 0 radical (unpaired) electrons. The molecule has 0 aromatic heterocycles. The van der Waals surface area contributed by atoms with Gasteiger partial charge in [0.15, 0.2) is 11.5 Å². The first-order chi connectivity index (χ1) is 21.9. The fraction of sp³-hybridized carbons (Fsp3) is 0.351. The molecule has 2 aliphatic carbocycles. The molecule has 2 saturated heterocycles. The molecule has 6 unspecified atom stereocenters. The van der Waals surface area contributed by atoms with Crippen molar-refractivity contribution in [2.45, 2.75) is 50.5 Å². The number of carbonyl (C=O) groups excluding carboxylic acids is 4. The summed E-state index contributed by atoms with van der Waals surface area (Å²) in [5.74, 6) is -4.37. The molecular formula is C37H35ClN2O6. The Balaban J connectivity index is 1.50. The van der Waals surface area contributed by atoms with Crippen molar-refractivity contribution in [3.63, 3.8) is 0 Å². The molecule has 9 heteroatoms. The molecule has 236 valence electrons. The number of rotatable bonds is 4. The lowest BCUT2D eigenvalue weighted by Gasteiger charge is -2.50. The number of fused-ring (bicyclic) bond motifs is 4. The van der Waals surface area contributed by atoms with Crippen LogP contribution in [0.3, 0.4) is 0 Å². The van der Waals surface area contributed by atoms with Gasteiger partial charge in [-0.05, 0) is 81.0 Å². The van der Waals surface area contributed by atoms with Crippen molar-refractivity contribution in [3.8, 4) is 11.5 Å². The summed E-state index contributed by atoms with van der Waals surface area (Å²) in [7, 11) is 1.46. The zero-order valence-corrected chi connectivity index (χ0v) is 26.8. The van der Waals surface area contributed by atoms with Gasteiger partial charge in [0.25, 0.3) is 0 Å². The van der Waals surface area contributed by atoms with Crippen molar-refractivity contribution in [1.29, 1.82) is 0 Å². The van der Waals surface area contributed by atoms with E-state index in [1.165, 1.54) is 16.9 Å². The lowest BCUT2D eigenvalue weighted by Crippen LogP contribution is -2.53. The van der Waals surface area contributed by atoms with Crippen molar-refractivity contribution >= 4 is 40.9 Å². The quantitative estimate of drug-likeness (QED) is 0.277. The number of phenolic OH excluding ortho intramolecular Hbond substituents is 1. The standard InChI is InChI=1S/C37H35ClN2O6/c1-36(2,3)40-32(42)25-15-14-24-26(30(25)34(40)44)19-27-33(43)39(23-12-8-11-22(38)18-23)35(45)37(27,21-9-6-5-7-10-21)31(24)20-13-16-29(46-4)28(41)17-20/h5-14,16-18,25-27,30-31,41H,15,19H2,1-4H3. The second-order valence-electron chi connectivity index (χ2n) is 13.7. The number of likely N-dealkylation sites (tertiary alicyclic amines) is 1. The molecule has 0 spiro atoms. The Morgan fingerprint density at radius 1 is 0.891 bits per heavy atom. The number of amides is 4. The van der Waals surface area contributed by atoms with Gasteiger partial charge < -0.3 is 9.84 Å². The van der Waals surface area contributed by atoms with Crippen molar-refractivity contribution in [2.24, 2.45) is 23.7 Å². The zero-order valence-electron chi connectivity index (χ0n) is 26.1. The van der Waals surface area contributed by atoms with Gasteiger partial charge >= 0.3 is 0 Å². The Hall–Kier alpha value is -4.43. The van der Waals surface area contributed by atoms with E-state index in [1.54, 1.807) is 36.4 Å². The predicted octanol–water partition coefficient (Wildman–Crippen LogP) is 6.02. The molecule has 1 saturated carbocycles. The fourth-order valence-electron chi connectivity index (χ4n) is 8.67. The Kier molecular flexibility index (Phi) is 6.94. The maximum absolute atomic E-state index is 15.2.